The molecular weight excluding hydrogens is 388 g/mol. The molecule has 0 saturated carbocycles. The Morgan fingerprint density at radius 3 is 2.30 bits per heavy atom. The van der Waals surface area contributed by atoms with Gasteiger partial charge in [0.1, 0.15) is 30.0 Å². The van der Waals surface area contributed by atoms with E-state index in [9.17, 15) is 13.6 Å². The van der Waals surface area contributed by atoms with Gasteiger partial charge in [-0.3, -0.25) is 4.79 Å². The Morgan fingerprint density at radius 2 is 1.63 bits per heavy atom. The Balaban J connectivity index is 1.81. The van der Waals surface area contributed by atoms with Crippen molar-refractivity contribution in [3.8, 4) is 5.75 Å². The van der Waals surface area contributed by atoms with Gasteiger partial charge in [0.25, 0.3) is 0 Å². The van der Waals surface area contributed by atoms with Crippen LogP contribution in [0.15, 0.2) is 66.7 Å². The number of carbonyl (C=O) groups is 1. The van der Waals surface area contributed by atoms with Gasteiger partial charge in [0.2, 0.25) is 0 Å². The van der Waals surface area contributed by atoms with Crippen LogP contribution >= 0.6 is 0 Å². The molecule has 4 nitrogen and oxygen atoms in total. The average molecular weight is 411 g/mol. The molecule has 0 bridgehead atoms. The molecule has 30 heavy (non-hydrogen) atoms. The summed E-state index contributed by atoms with van der Waals surface area (Å²) < 4.78 is 33.0. The lowest BCUT2D eigenvalue weighted by molar-refractivity contribution is -0.139. The molecule has 0 fully saturated rings. The van der Waals surface area contributed by atoms with Crippen molar-refractivity contribution in [2.75, 3.05) is 0 Å². The molecule has 3 aromatic rings. The van der Waals surface area contributed by atoms with Crippen molar-refractivity contribution in [1.29, 1.82) is 0 Å². The van der Waals surface area contributed by atoms with Crippen molar-refractivity contribution < 1.29 is 23.4 Å². The van der Waals surface area contributed by atoms with Gasteiger partial charge in [0.15, 0.2) is 0 Å². The molecule has 0 amide bonds. The number of carboxylic acids is 1. The second kappa shape index (κ2) is 9.98. The maximum atomic E-state index is 13.6. The number of carboxylic acid groups (broad SMARTS) is 1. The highest BCUT2D eigenvalue weighted by Gasteiger charge is 2.12. The molecule has 0 radical (unpaired) electrons. The summed E-state index contributed by atoms with van der Waals surface area (Å²) in [5.74, 6) is -0.962. The monoisotopic (exact) mass is 411 g/mol. The second-order valence-corrected chi connectivity index (χ2v) is 7.11. The Morgan fingerprint density at radius 1 is 0.967 bits per heavy atom. The molecule has 0 saturated heterocycles. The SMILES string of the molecule is C[C@H](NCc1ccc(OCc2cccc(F)c2)c(Cc2cccc(F)c2)c1)C(=O)O. The molecule has 3 rings (SSSR count). The molecule has 0 spiro atoms. The van der Waals surface area contributed by atoms with Gasteiger partial charge in [0.05, 0.1) is 0 Å². The van der Waals surface area contributed by atoms with Gasteiger partial charge in [-0.05, 0) is 59.5 Å². The molecular formula is C24H23F2NO3. The lowest BCUT2D eigenvalue weighted by atomic mass is 10.0. The van der Waals surface area contributed by atoms with Gasteiger partial charge in [-0.1, -0.05) is 36.4 Å². The number of benzene rings is 3. The second-order valence-electron chi connectivity index (χ2n) is 7.11. The molecule has 6 heteroatoms. The van der Waals surface area contributed by atoms with E-state index >= 15 is 0 Å². The molecule has 0 aliphatic heterocycles. The number of ether oxygens (including phenoxy) is 1. The zero-order valence-electron chi connectivity index (χ0n) is 16.6. The summed E-state index contributed by atoms with van der Waals surface area (Å²) in [7, 11) is 0. The lowest BCUT2D eigenvalue weighted by Crippen LogP contribution is -2.33. The highest BCUT2D eigenvalue weighted by Crippen LogP contribution is 2.25. The van der Waals surface area contributed by atoms with E-state index in [1.165, 1.54) is 24.3 Å². The van der Waals surface area contributed by atoms with E-state index in [0.717, 1.165) is 16.7 Å². The summed E-state index contributed by atoms with van der Waals surface area (Å²) in [6.45, 7) is 2.14. The smallest absolute Gasteiger partial charge is 0.320 e. The van der Waals surface area contributed by atoms with Crippen LogP contribution in [-0.4, -0.2) is 17.1 Å². The summed E-state index contributed by atoms with van der Waals surface area (Å²) in [6.07, 6.45) is 0.443. The van der Waals surface area contributed by atoms with Gasteiger partial charge in [-0.2, -0.15) is 0 Å². The number of aliphatic carboxylic acids is 1. The van der Waals surface area contributed by atoms with E-state index in [2.05, 4.69) is 5.32 Å². The Hall–Kier alpha value is -3.25. The van der Waals surface area contributed by atoms with Gasteiger partial charge < -0.3 is 15.2 Å². The number of nitrogens with one attached hydrogen (secondary N) is 1. The van der Waals surface area contributed by atoms with Crippen molar-refractivity contribution in [3.05, 3.63) is 101 Å². The standard InChI is InChI=1S/C24H23F2NO3/c1-16(24(28)29)27-14-18-8-9-23(30-15-19-5-3-7-22(26)13-19)20(11-18)10-17-4-2-6-21(25)12-17/h2-9,11-13,16,27H,10,14-15H2,1H3,(H,28,29)/t16-/m0/s1. The number of rotatable bonds is 9. The molecule has 0 aromatic heterocycles. The van der Waals surface area contributed by atoms with E-state index in [4.69, 9.17) is 9.84 Å². The van der Waals surface area contributed by atoms with Gasteiger partial charge in [-0.15, -0.1) is 0 Å². The van der Waals surface area contributed by atoms with Crippen LogP contribution in [0.2, 0.25) is 0 Å². The summed E-state index contributed by atoms with van der Waals surface area (Å²) >= 11 is 0. The Labute approximate surface area is 174 Å². The first-order valence-electron chi connectivity index (χ1n) is 9.60. The molecule has 3 aromatic carbocycles. The predicted octanol–water partition coefficient (Wildman–Crippen LogP) is 4.70. The van der Waals surface area contributed by atoms with Crippen LogP contribution in [0.5, 0.6) is 5.75 Å². The predicted molar refractivity (Wildman–Crippen MR) is 110 cm³/mol. The summed E-state index contributed by atoms with van der Waals surface area (Å²) in [4.78, 5) is 11.0. The quantitative estimate of drug-likeness (QED) is 0.536. The lowest BCUT2D eigenvalue weighted by Gasteiger charge is -2.15. The van der Waals surface area contributed by atoms with Crippen molar-refractivity contribution in [2.45, 2.75) is 32.5 Å². The minimum atomic E-state index is -0.926. The maximum absolute atomic E-state index is 13.6. The largest absolute Gasteiger partial charge is 0.489 e. The summed E-state index contributed by atoms with van der Waals surface area (Å²) in [5, 5.41) is 12.0. The minimum Gasteiger partial charge on any atom is -0.489 e. The summed E-state index contributed by atoms with van der Waals surface area (Å²) in [6, 6.07) is 17.4. The first kappa shape index (κ1) is 21.5. The van der Waals surface area contributed by atoms with Gasteiger partial charge in [0, 0.05) is 13.0 Å². The van der Waals surface area contributed by atoms with Crippen LogP contribution in [0.1, 0.15) is 29.2 Å². The van der Waals surface area contributed by atoms with Crippen LogP contribution in [0.25, 0.3) is 0 Å². The van der Waals surface area contributed by atoms with Crippen LogP contribution in [0.3, 0.4) is 0 Å². The van der Waals surface area contributed by atoms with E-state index < -0.39 is 12.0 Å². The number of halogens is 2. The van der Waals surface area contributed by atoms with Crippen LogP contribution < -0.4 is 10.1 Å². The molecule has 0 heterocycles. The van der Waals surface area contributed by atoms with Gasteiger partial charge in [-0.25, -0.2) is 8.78 Å². The molecule has 0 unspecified atom stereocenters. The zero-order valence-corrected chi connectivity index (χ0v) is 16.6. The van der Waals surface area contributed by atoms with E-state index in [1.54, 1.807) is 31.2 Å². The fraction of sp³-hybridized carbons (Fsp3) is 0.208. The molecule has 156 valence electrons. The molecule has 0 aliphatic carbocycles. The first-order chi connectivity index (χ1) is 14.4. The average Bonchev–Trinajstić information content (AvgIpc) is 2.71. The van der Waals surface area contributed by atoms with E-state index in [1.807, 2.05) is 18.2 Å². The van der Waals surface area contributed by atoms with Gasteiger partial charge >= 0.3 is 5.97 Å². The summed E-state index contributed by atoms with van der Waals surface area (Å²) in [5.41, 5.74) is 3.20. The van der Waals surface area contributed by atoms with Crippen LogP contribution in [-0.2, 0) is 24.4 Å². The molecule has 2 N–H and O–H groups in total. The first-order valence-corrected chi connectivity index (χ1v) is 9.60. The third-order valence-corrected chi connectivity index (χ3v) is 4.67. The fourth-order valence-corrected chi connectivity index (χ4v) is 3.03. The zero-order chi connectivity index (χ0) is 21.5. The molecule has 0 aliphatic rings. The van der Waals surface area contributed by atoms with Crippen molar-refractivity contribution in [1.82, 2.24) is 5.32 Å². The third kappa shape index (κ3) is 6.12. The van der Waals surface area contributed by atoms with Crippen molar-refractivity contribution in [2.24, 2.45) is 0 Å². The highest BCUT2D eigenvalue weighted by molar-refractivity contribution is 5.72. The molecule has 1 atom stereocenters. The number of hydrogen-bond acceptors (Lipinski definition) is 3. The maximum Gasteiger partial charge on any atom is 0.320 e. The Bertz CT molecular complexity index is 1020. The minimum absolute atomic E-state index is 0.196. The number of hydrogen-bond donors (Lipinski definition) is 2. The highest BCUT2D eigenvalue weighted by atomic mass is 19.1. The van der Waals surface area contributed by atoms with Crippen molar-refractivity contribution >= 4 is 5.97 Å². The third-order valence-electron chi connectivity index (χ3n) is 4.67. The van der Waals surface area contributed by atoms with E-state index in [-0.39, 0.29) is 18.2 Å². The van der Waals surface area contributed by atoms with E-state index in [0.29, 0.717) is 24.3 Å². The van der Waals surface area contributed by atoms with Crippen LogP contribution in [0.4, 0.5) is 8.78 Å². The fourth-order valence-electron chi connectivity index (χ4n) is 3.03. The van der Waals surface area contributed by atoms with Crippen molar-refractivity contribution in [3.63, 3.8) is 0 Å². The van der Waals surface area contributed by atoms with Crippen LogP contribution in [0, 0.1) is 11.6 Å². The topological polar surface area (TPSA) is 58.6 Å². The normalized spacial score (nSPS) is 11.8. The Kier molecular flexibility index (Phi) is 7.14.